The van der Waals surface area contributed by atoms with Gasteiger partial charge in [-0.05, 0) is 53.3 Å². The molecule has 0 aromatic carbocycles. The van der Waals surface area contributed by atoms with Crippen LogP contribution in [0.4, 0.5) is 0 Å². The third-order valence-corrected chi connectivity index (χ3v) is 2.46. The average molecular weight is 348 g/mol. The molecule has 1 aromatic heterocycles. The van der Waals surface area contributed by atoms with Crippen molar-refractivity contribution >= 4 is 40.6 Å². The van der Waals surface area contributed by atoms with Crippen LogP contribution in [0.3, 0.4) is 0 Å². The van der Waals surface area contributed by atoms with Gasteiger partial charge in [0.1, 0.15) is 5.76 Å². The molecule has 17 heavy (non-hydrogen) atoms. The third-order valence-electron chi connectivity index (χ3n) is 1.88. The third kappa shape index (κ3) is 4.06. The molecule has 0 unspecified atom stereocenters. The molecule has 0 aliphatic heterocycles. The van der Waals surface area contributed by atoms with Gasteiger partial charge in [0.05, 0.1) is 5.57 Å². The maximum atomic E-state index is 11.0. The van der Waals surface area contributed by atoms with Crippen LogP contribution < -0.4 is 0 Å². The zero-order valence-corrected chi connectivity index (χ0v) is 11.0. The highest BCUT2D eigenvalue weighted by molar-refractivity contribution is 14.1. The minimum absolute atomic E-state index is 0.113. The quantitative estimate of drug-likeness (QED) is 0.496. The maximum Gasteiger partial charge on any atom is 0.336 e. The molecule has 90 valence electrons. The summed E-state index contributed by atoms with van der Waals surface area (Å²) in [5, 5.41) is 17.5. The van der Waals surface area contributed by atoms with Crippen LogP contribution >= 0.6 is 22.6 Å². The van der Waals surface area contributed by atoms with E-state index in [0.717, 1.165) is 6.08 Å². The van der Waals surface area contributed by atoms with E-state index in [4.69, 9.17) is 14.6 Å². The van der Waals surface area contributed by atoms with Gasteiger partial charge in [-0.15, -0.1) is 0 Å². The number of aliphatic carboxylic acids is 2. The summed E-state index contributed by atoms with van der Waals surface area (Å²) in [6.07, 6.45) is 2.13. The molecule has 0 bridgehead atoms. The van der Waals surface area contributed by atoms with E-state index in [1.807, 2.05) is 22.6 Å². The Hall–Kier alpha value is -1.57. The van der Waals surface area contributed by atoms with E-state index in [9.17, 15) is 9.59 Å². The zero-order valence-electron chi connectivity index (χ0n) is 8.81. The standard InChI is InChI=1S/C11H9IO5/c1-6(4-10(13)14)8(11(15)16)5-7-2-3-9(12)17-7/h2-5H,1H3,(H,13,14)(H,15,16)/b6-4+,8-5-. The largest absolute Gasteiger partial charge is 0.478 e. The second kappa shape index (κ2) is 5.67. The van der Waals surface area contributed by atoms with Crippen LogP contribution in [0, 0.1) is 3.77 Å². The lowest BCUT2D eigenvalue weighted by Gasteiger charge is -2.00. The van der Waals surface area contributed by atoms with Crippen LogP contribution in [-0.4, -0.2) is 22.2 Å². The van der Waals surface area contributed by atoms with Crippen molar-refractivity contribution in [3.8, 4) is 0 Å². The van der Waals surface area contributed by atoms with E-state index < -0.39 is 11.9 Å². The lowest BCUT2D eigenvalue weighted by atomic mass is 10.1. The number of rotatable bonds is 4. The summed E-state index contributed by atoms with van der Waals surface area (Å²) < 4.78 is 5.82. The van der Waals surface area contributed by atoms with Crippen LogP contribution in [0.15, 0.2) is 33.8 Å². The van der Waals surface area contributed by atoms with E-state index in [1.54, 1.807) is 12.1 Å². The molecule has 0 radical (unpaired) electrons. The second-order valence-corrected chi connectivity index (χ2v) is 4.23. The highest BCUT2D eigenvalue weighted by Gasteiger charge is 2.12. The number of hydrogen-bond acceptors (Lipinski definition) is 3. The Bertz CT molecular complexity index is 510. The number of furan rings is 1. The fraction of sp³-hybridized carbons (Fsp3) is 0.0909. The minimum atomic E-state index is -1.20. The Kier molecular flexibility index (Phi) is 4.50. The lowest BCUT2D eigenvalue weighted by molar-refractivity contribution is -0.132. The molecule has 0 atom stereocenters. The van der Waals surface area contributed by atoms with Gasteiger partial charge in [0.2, 0.25) is 0 Å². The number of hydrogen-bond donors (Lipinski definition) is 2. The second-order valence-electron chi connectivity index (χ2n) is 3.17. The lowest BCUT2D eigenvalue weighted by Crippen LogP contribution is -2.03. The maximum absolute atomic E-state index is 11.0. The van der Waals surface area contributed by atoms with Crippen molar-refractivity contribution in [3.63, 3.8) is 0 Å². The average Bonchev–Trinajstić information content (AvgIpc) is 2.58. The molecule has 1 aromatic rings. The predicted molar refractivity (Wildman–Crippen MR) is 68.4 cm³/mol. The van der Waals surface area contributed by atoms with Crippen molar-refractivity contribution in [1.82, 2.24) is 0 Å². The molecule has 0 aliphatic carbocycles. The molecular weight excluding hydrogens is 339 g/mol. The first-order valence-corrected chi connectivity index (χ1v) is 5.60. The summed E-state index contributed by atoms with van der Waals surface area (Å²) in [5.74, 6) is -2.03. The molecule has 0 aliphatic rings. The number of carboxylic acid groups (broad SMARTS) is 2. The summed E-state index contributed by atoms with van der Waals surface area (Å²) in [5.41, 5.74) is 0.0366. The minimum Gasteiger partial charge on any atom is -0.478 e. The monoisotopic (exact) mass is 348 g/mol. The molecule has 1 heterocycles. The van der Waals surface area contributed by atoms with E-state index in [-0.39, 0.29) is 11.1 Å². The molecule has 5 nitrogen and oxygen atoms in total. The van der Waals surface area contributed by atoms with Gasteiger partial charge in [0.25, 0.3) is 0 Å². The smallest absolute Gasteiger partial charge is 0.336 e. The first kappa shape index (κ1) is 13.5. The van der Waals surface area contributed by atoms with Crippen LogP contribution in [0.2, 0.25) is 0 Å². The normalized spacial score (nSPS) is 12.6. The fourth-order valence-electron chi connectivity index (χ4n) is 1.16. The molecule has 1 rings (SSSR count). The van der Waals surface area contributed by atoms with Crippen LogP contribution in [-0.2, 0) is 9.59 Å². The SMILES string of the molecule is CC(=C\C(=O)O)/C(=C/c1ccc(I)o1)C(=O)O. The van der Waals surface area contributed by atoms with Crippen LogP contribution in [0.1, 0.15) is 12.7 Å². The Morgan fingerprint density at radius 1 is 1.35 bits per heavy atom. The summed E-state index contributed by atoms with van der Waals surface area (Å²) in [6, 6.07) is 3.29. The number of carbonyl (C=O) groups is 2. The Morgan fingerprint density at radius 3 is 2.41 bits per heavy atom. The molecule has 0 saturated heterocycles. The van der Waals surface area contributed by atoms with Crippen molar-refractivity contribution in [2.45, 2.75) is 6.92 Å². The van der Waals surface area contributed by atoms with Gasteiger partial charge in [-0.2, -0.15) is 0 Å². The predicted octanol–water partition coefficient (Wildman–Crippen LogP) is 2.38. The number of carboxylic acids is 2. The Balaban J connectivity index is 3.14. The highest BCUT2D eigenvalue weighted by Crippen LogP contribution is 2.17. The number of halogens is 1. The molecule has 0 amide bonds. The van der Waals surface area contributed by atoms with Gasteiger partial charge in [-0.3, -0.25) is 0 Å². The van der Waals surface area contributed by atoms with Crippen molar-refractivity contribution in [2.75, 3.05) is 0 Å². The Labute approximate surface area is 111 Å². The molecule has 0 spiro atoms. The van der Waals surface area contributed by atoms with Gasteiger partial charge in [0, 0.05) is 6.08 Å². The van der Waals surface area contributed by atoms with E-state index >= 15 is 0 Å². The summed E-state index contributed by atoms with van der Waals surface area (Å²) in [6.45, 7) is 1.42. The van der Waals surface area contributed by atoms with E-state index in [2.05, 4.69) is 0 Å². The van der Waals surface area contributed by atoms with Crippen LogP contribution in [0.5, 0.6) is 0 Å². The van der Waals surface area contributed by atoms with Crippen molar-refractivity contribution in [1.29, 1.82) is 0 Å². The van der Waals surface area contributed by atoms with Gasteiger partial charge < -0.3 is 14.6 Å². The molecule has 6 heteroatoms. The van der Waals surface area contributed by atoms with E-state index in [1.165, 1.54) is 13.0 Å². The van der Waals surface area contributed by atoms with Crippen LogP contribution in [0.25, 0.3) is 6.08 Å². The topological polar surface area (TPSA) is 87.7 Å². The van der Waals surface area contributed by atoms with Gasteiger partial charge in [-0.1, -0.05) is 0 Å². The zero-order chi connectivity index (χ0) is 13.0. The molecule has 0 fully saturated rings. The van der Waals surface area contributed by atoms with E-state index in [0.29, 0.717) is 9.53 Å². The fourth-order valence-corrected chi connectivity index (χ4v) is 1.59. The summed E-state index contributed by atoms with van der Waals surface area (Å²) >= 11 is 1.95. The molecule has 2 N–H and O–H groups in total. The summed E-state index contributed by atoms with van der Waals surface area (Å²) in [7, 11) is 0. The highest BCUT2D eigenvalue weighted by atomic mass is 127. The van der Waals surface area contributed by atoms with Crippen molar-refractivity contribution in [3.05, 3.63) is 38.9 Å². The molecular formula is C11H9IO5. The first-order chi connectivity index (χ1) is 7.90. The van der Waals surface area contributed by atoms with Gasteiger partial charge in [-0.25, -0.2) is 9.59 Å². The molecule has 0 saturated carbocycles. The van der Waals surface area contributed by atoms with Gasteiger partial charge in [0.15, 0.2) is 3.77 Å². The van der Waals surface area contributed by atoms with Crippen molar-refractivity contribution in [2.24, 2.45) is 0 Å². The first-order valence-electron chi connectivity index (χ1n) is 4.52. The van der Waals surface area contributed by atoms with Gasteiger partial charge >= 0.3 is 11.9 Å². The Morgan fingerprint density at radius 2 is 2.00 bits per heavy atom. The van der Waals surface area contributed by atoms with Crippen molar-refractivity contribution < 1.29 is 24.2 Å². The summed E-state index contributed by atoms with van der Waals surface area (Å²) in [4.78, 5) is 21.5.